The third-order valence-corrected chi connectivity index (χ3v) is 2.16. The summed E-state index contributed by atoms with van der Waals surface area (Å²) < 4.78 is 28.4. The second-order valence-electron chi connectivity index (χ2n) is 3.33. The maximum absolute atomic E-state index is 12.0. The van der Waals surface area contributed by atoms with E-state index >= 15 is 0 Å². The highest BCUT2D eigenvalue weighted by Crippen LogP contribution is 2.24. The van der Waals surface area contributed by atoms with E-state index in [0.29, 0.717) is 11.1 Å². The molecule has 0 radical (unpaired) electrons. The summed E-state index contributed by atoms with van der Waals surface area (Å²) in [7, 11) is 0. The van der Waals surface area contributed by atoms with Gasteiger partial charge in [-0.25, -0.2) is 0 Å². The molecule has 15 heavy (non-hydrogen) atoms. The topological polar surface area (TPSA) is 26.3 Å². The molecule has 0 amide bonds. The number of hydrogen-bond donors (Lipinski definition) is 0. The third-order valence-electron chi connectivity index (χ3n) is 2.16. The molecule has 4 heteroatoms. The number of carbonyl (C=O) groups excluding carboxylic acids is 1. The minimum atomic E-state index is -2.84. The quantitative estimate of drug-likeness (QED) is 0.720. The van der Waals surface area contributed by atoms with Crippen LogP contribution in [0, 0.1) is 6.92 Å². The molecule has 1 aromatic carbocycles. The van der Waals surface area contributed by atoms with Crippen molar-refractivity contribution in [3.05, 3.63) is 29.3 Å². The lowest BCUT2D eigenvalue weighted by Crippen LogP contribution is -2.04. The fourth-order valence-corrected chi connectivity index (χ4v) is 1.20. The number of alkyl halides is 2. The minimum absolute atomic E-state index is 0.121. The third kappa shape index (κ3) is 3.01. The van der Waals surface area contributed by atoms with E-state index in [0.717, 1.165) is 6.29 Å². The minimum Gasteiger partial charge on any atom is -0.435 e. The first kappa shape index (κ1) is 11.6. The lowest BCUT2D eigenvalue weighted by atomic mass is 10.0. The standard InChI is InChI=1S/C11H12F2O2/c1-7-3-4-9(8(2)6-14)5-10(7)15-11(12)13/h3-6,8,11H,1-2H3. The predicted molar refractivity (Wildman–Crippen MR) is 52.3 cm³/mol. The van der Waals surface area contributed by atoms with Crippen LogP contribution < -0.4 is 4.74 Å². The number of halogens is 2. The highest BCUT2D eigenvalue weighted by Gasteiger charge is 2.10. The smallest absolute Gasteiger partial charge is 0.387 e. The van der Waals surface area contributed by atoms with Crippen LogP contribution in [0.3, 0.4) is 0 Å². The van der Waals surface area contributed by atoms with Gasteiger partial charge < -0.3 is 9.53 Å². The highest BCUT2D eigenvalue weighted by atomic mass is 19.3. The highest BCUT2D eigenvalue weighted by molar-refractivity contribution is 5.62. The van der Waals surface area contributed by atoms with Crippen molar-refractivity contribution in [2.45, 2.75) is 26.4 Å². The molecule has 1 rings (SSSR count). The molecule has 0 saturated carbocycles. The average Bonchev–Trinajstić information content (AvgIpc) is 2.19. The molecule has 0 aromatic heterocycles. The predicted octanol–water partition coefficient (Wildman–Crippen LogP) is 2.90. The van der Waals surface area contributed by atoms with Gasteiger partial charge in [-0.2, -0.15) is 8.78 Å². The van der Waals surface area contributed by atoms with Gasteiger partial charge in [0.2, 0.25) is 0 Å². The molecule has 1 unspecified atom stereocenters. The second-order valence-corrected chi connectivity index (χ2v) is 3.33. The normalized spacial score (nSPS) is 12.6. The van der Waals surface area contributed by atoms with E-state index in [1.165, 1.54) is 6.07 Å². The molecular weight excluding hydrogens is 202 g/mol. The molecule has 0 fully saturated rings. The first-order valence-electron chi connectivity index (χ1n) is 4.55. The van der Waals surface area contributed by atoms with Crippen LogP contribution in [-0.4, -0.2) is 12.9 Å². The molecule has 0 saturated heterocycles. The van der Waals surface area contributed by atoms with Crippen molar-refractivity contribution < 1.29 is 18.3 Å². The van der Waals surface area contributed by atoms with Gasteiger partial charge in [0.15, 0.2) is 0 Å². The Bertz CT molecular complexity index is 350. The van der Waals surface area contributed by atoms with Gasteiger partial charge >= 0.3 is 6.61 Å². The van der Waals surface area contributed by atoms with Gasteiger partial charge in [-0.05, 0) is 24.1 Å². The summed E-state index contributed by atoms with van der Waals surface area (Å²) >= 11 is 0. The molecular formula is C11H12F2O2. The molecule has 0 bridgehead atoms. The van der Waals surface area contributed by atoms with Crippen molar-refractivity contribution in [2.24, 2.45) is 0 Å². The van der Waals surface area contributed by atoms with Gasteiger partial charge in [-0.1, -0.05) is 19.1 Å². The molecule has 0 aliphatic carbocycles. The van der Waals surface area contributed by atoms with Crippen LogP contribution in [0.4, 0.5) is 8.78 Å². The molecule has 0 spiro atoms. The average molecular weight is 214 g/mol. The molecule has 82 valence electrons. The lowest BCUT2D eigenvalue weighted by Gasteiger charge is -2.11. The SMILES string of the molecule is Cc1ccc(C(C)C=O)cc1OC(F)F. The number of aldehydes is 1. The molecule has 0 heterocycles. The largest absolute Gasteiger partial charge is 0.435 e. The fourth-order valence-electron chi connectivity index (χ4n) is 1.20. The Balaban J connectivity index is 2.99. The van der Waals surface area contributed by atoms with Crippen LogP contribution in [0.15, 0.2) is 18.2 Å². The first-order valence-corrected chi connectivity index (χ1v) is 4.55. The summed E-state index contributed by atoms with van der Waals surface area (Å²) in [6.45, 7) is 0.530. The molecule has 1 atom stereocenters. The van der Waals surface area contributed by atoms with Crippen LogP contribution in [0.25, 0.3) is 0 Å². The second kappa shape index (κ2) is 4.87. The zero-order valence-corrected chi connectivity index (χ0v) is 8.54. The summed E-state index contributed by atoms with van der Waals surface area (Å²) in [5, 5.41) is 0. The fraction of sp³-hybridized carbons (Fsp3) is 0.364. The van der Waals surface area contributed by atoms with Gasteiger partial charge in [0.25, 0.3) is 0 Å². The van der Waals surface area contributed by atoms with Crippen LogP contribution in [0.1, 0.15) is 24.0 Å². The number of carbonyl (C=O) groups is 1. The number of rotatable bonds is 4. The summed E-state index contributed by atoms with van der Waals surface area (Å²) in [5.74, 6) is -0.193. The van der Waals surface area contributed by atoms with Crippen molar-refractivity contribution in [3.8, 4) is 5.75 Å². The van der Waals surface area contributed by atoms with Crippen molar-refractivity contribution in [1.29, 1.82) is 0 Å². The maximum Gasteiger partial charge on any atom is 0.387 e. The number of aryl methyl sites for hydroxylation is 1. The Morgan fingerprint density at radius 1 is 1.40 bits per heavy atom. The lowest BCUT2D eigenvalue weighted by molar-refractivity contribution is -0.108. The van der Waals surface area contributed by atoms with Crippen molar-refractivity contribution >= 4 is 6.29 Å². The zero-order valence-electron chi connectivity index (χ0n) is 8.54. The first-order chi connectivity index (χ1) is 7.04. The zero-order chi connectivity index (χ0) is 11.4. The Kier molecular flexibility index (Phi) is 3.77. The van der Waals surface area contributed by atoms with E-state index in [-0.39, 0.29) is 11.7 Å². The summed E-state index contributed by atoms with van der Waals surface area (Å²) in [5.41, 5.74) is 1.29. The van der Waals surface area contributed by atoms with Crippen molar-refractivity contribution in [1.82, 2.24) is 0 Å². The number of ether oxygens (including phenoxy) is 1. The van der Waals surface area contributed by atoms with E-state index in [4.69, 9.17) is 0 Å². The summed E-state index contributed by atoms with van der Waals surface area (Å²) in [6, 6.07) is 4.86. The monoisotopic (exact) mass is 214 g/mol. The van der Waals surface area contributed by atoms with Crippen molar-refractivity contribution in [2.75, 3.05) is 0 Å². The summed E-state index contributed by atoms with van der Waals surface area (Å²) in [4.78, 5) is 10.5. The van der Waals surface area contributed by atoms with Crippen LogP contribution in [0.5, 0.6) is 5.75 Å². The Hall–Kier alpha value is -1.45. The van der Waals surface area contributed by atoms with Crippen LogP contribution in [-0.2, 0) is 4.79 Å². The molecule has 0 aliphatic heterocycles. The van der Waals surface area contributed by atoms with Gasteiger partial charge in [0.05, 0.1) is 0 Å². The van der Waals surface area contributed by atoms with Crippen LogP contribution >= 0.6 is 0 Å². The van der Waals surface area contributed by atoms with Gasteiger partial charge in [0, 0.05) is 5.92 Å². The Labute approximate surface area is 86.9 Å². The Morgan fingerprint density at radius 2 is 2.07 bits per heavy atom. The maximum atomic E-state index is 12.0. The Morgan fingerprint density at radius 3 is 2.60 bits per heavy atom. The van der Waals surface area contributed by atoms with Crippen molar-refractivity contribution in [3.63, 3.8) is 0 Å². The number of benzene rings is 1. The molecule has 1 aromatic rings. The molecule has 0 N–H and O–H groups in total. The van der Waals surface area contributed by atoms with Crippen LogP contribution in [0.2, 0.25) is 0 Å². The van der Waals surface area contributed by atoms with Gasteiger partial charge in [0.1, 0.15) is 12.0 Å². The van der Waals surface area contributed by atoms with E-state index in [1.54, 1.807) is 26.0 Å². The molecule has 2 nitrogen and oxygen atoms in total. The van der Waals surface area contributed by atoms with Gasteiger partial charge in [-0.3, -0.25) is 0 Å². The van der Waals surface area contributed by atoms with E-state index in [1.807, 2.05) is 0 Å². The summed E-state index contributed by atoms with van der Waals surface area (Å²) in [6.07, 6.45) is 0.761. The van der Waals surface area contributed by atoms with Gasteiger partial charge in [-0.15, -0.1) is 0 Å². The van der Waals surface area contributed by atoms with E-state index in [2.05, 4.69) is 4.74 Å². The molecule has 0 aliphatic rings. The van der Waals surface area contributed by atoms with E-state index in [9.17, 15) is 13.6 Å². The number of hydrogen-bond acceptors (Lipinski definition) is 2. The van der Waals surface area contributed by atoms with E-state index < -0.39 is 6.61 Å².